The van der Waals surface area contributed by atoms with E-state index in [4.69, 9.17) is 0 Å². The van der Waals surface area contributed by atoms with Gasteiger partial charge in [0.1, 0.15) is 4.90 Å². The van der Waals surface area contributed by atoms with E-state index in [0.717, 1.165) is 24.3 Å². The summed E-state index contributed by atoms with van der Waals surface area (Å²) in [7, 11) is -13.9. The summed E-state index contributed by atoms with van der Waals surface area (Å²) in [5.41, 5.74) is 0. The van der Waals surface area contributed by atoms with E-state index in [2.05, 4.69) is 10.7 Å². The molecule has 2 aromatic rings. The van der Waals surface area contributed by atoms with Gasteiger partial charge in [-0.15, -0.1) is 15.5 Å². The second-order valence-electron chi connectivity index (χ2n) is 4.99. The number of benzene rings is 2. The monoisotopic (exact) mass is 548 g/mol. The van der Waals surface area contributed by atoms with Crippen molar-refractivity contribution in [2.45, 2.75) is 9.79 Å². The summed E-state index contributed by atoms with van der Waals surface area (Å²) in [4.78, 5) is -3.27. The number of rotatable bonds is 2. The van der Waals surface area contributed by atoms with Crippen LogP contribution < -0.4 is 0 Å². The van der Waals surface area contributed by atoms with Crippen LogP contribution in [-0.2, 0) is 18.7 Å². The van der Waals surface area contributed by atoms with Crippen LogP contribution in [0.4, 0.5) is 47.3 Å². The van der Waals surface area contributed by atoms with Crippen molar-refractivity contribution in [1.29, 1.82) is 0 Å². The fourth-order valence-electron chi connectivity index (χ4n) is 1.36. The Labute approximate surface area is 166 Å². The first-order valence-corrected chi connectivity index (χ1v) is 13.7. The van der Waals surface area contributed by atoms with Crippen molar-refractivity contribution in [3.63, 3.8) is 0 Å². The summed E-state index contributed by atoms with van der Waals surface area (Å²) in [6, 6.07) is 8.54. The first-order chi connectivity index (χ1) is 12.2. The molecule has 0 radical (unpaired) electrons. The van der Waals surface area contributed by atoms with E-state index in [0.29, 0.717) is 24.3 Å². The van der Waals surface area contributed by atoms with Crippen LogP contribution in [0.15, 0.2) is 70.5 Å². The quantitative estimate of drug-likeness (QED) is 0.259. The SMILES string of the molecule is FS(F)(F)(F)(Cl)c1ccccc1.FS(F)(F)(F)(F)c1ccccc1.[F][Ti]([F])([F])[F]. The molecule has 17 heteroatoms. The minimum absolute atomic E-state index is 0.363. The summed E-state index contributed by atoms with van der Waals surface area (Å²) in [6.45, 7) is 0. The molecular weight excluding hydrogens is 539 g/mol. The van der Waals surface area contributed by atoms with Gasteiger partial charge in [-0.2, -0.15) is 0 Å². The summed E-state index contributed by atoms with van der Waals surface area (Å²) in [5, 5.41) is 0. The molecule has 0 fully saturated rings. The van der Waals surface area contributed by atoms with Gasteiger partial charge in [-0.05, 0) is 24.3 Å². The molecule has 0 unspecified atom stereocenters. The Hall–Kier alpha value is -0.766. The van der Waals surface area contributed by atoms with Crippen LogP contribution >= 0.6 is 30.0 Å². The van der Waals surface area contributed by atoms with E-state index >= 15 is 0 Å². The van der Waals surface area contributed by atoms with Gasteiger partial charge in [-0.3, -0.25) is 0 Å². The van der Waals surface area contributed by atoms with Crippen molar-refractivity contribution >= 4 is 30.0 Å². The molecule has 29 heavy (non-hydrogen) atoms. The van der Waals surface area contributed by atoms with Gasteiger partial charge in [0.05, 0.1) is 4.90 Å². The van der Waals surface area contributed by atoms with Gasteiger partial charge >= 0.3 is 41.3 Å². The summed E-state index contributed by atoms with van der Waals surface area (Å²) < 4.78 is 149. The van der Waals surface area contributed by atoms with Crippen molar-refractivity contribution in [3.8, 4) is 0 Å². The van der Waals surface area contributed by atoms with Crippen molar-refractivity contribution in [1.82, 2.24) is 0 Å². The van der Waals surface area contributed by atoms with Crippen LogP contribution in [0.3, 0.4) is 0 Å². The molecule has 0 aliphatic heterocycles. The fourth-order valence-corrected chi connectivity index (χ4v) is 3.01. The molecule has 0 aliphatic rings. The summed E-state index contributed by atoms with van der Waals surface area (Å²) in [5.74, 6) is 0. The zero-order valence-electron chi connectivity index (χ0n) is 13.4. The molecule has 0 saturated carbocycles. The minimum atomic E-state index is -9.43. The average molecular weight is 549 g/mol. The van der Waals surface area contributed by atoms with E-state index in [1.165, 1.54) is 12.1 Å². The fraction of sp³-hybridized carbons (Fsp3) is 0. The normalized spacial score (nSPS) is 17.0. The topological polar surface area (TPSA) is 0 Å². The van der Waals surface area contributed by atoms with Crippen LogP contribution in [-0.4, -0.2) is 0 Å². The third-order valence-corrected chi connectivity index (χ3v) is 5.24. The van der Waals surface area contributed by atoms with Crippen LogP contribution in [0, 0.1) is 0 Å². The second kappa shape index (κ2) is 7.14. The van der Waals surface area contributed by atoms with Gasteiger partial charge in [-0.25, -0.2) is 0 Å². The molecule has 0 saturated heterocycles. The Kier molecular flexibility index (Phi) is 6.95. The van der Waals surface area contributed by atoms with Crippen molar-refractivity contribution in [2.75, 3.05) is 0 Å². The predicted octanol–water partition coefficient (Wildman–Crippen LogP) is 10.6. The van der Waals surface area contributed by atoms with Crippen LogP contribution in [0.1, 0.15) is 0 Å². The van der Waals surface area contributed by atoms with Gasteiger partial charge in [0.15, 0.2) is 0 Å². The first-order valence-electron chi connectivity index (χ1n) is 6.53. The predicted molar refractivity (Wildman–Crippen MR) is 84.9 cm³/mol. The van der Waals surface area contributed by atoms with Gasteiger partial charge in [0, 0.05) is 10.7 Å². The Morgan fingerprint density at radius 1 is 0.517 bits per heavy atom. The molecule has 0 nitrogen and oxygen atoms in total. The van der Waals surface area contributed by atoms with E-state index in [-0.39, 0.29) is 0 Å². The van der Waals surface area contributed by atoms with Gasteiger partial charge in [0.2, 0.25) is 0 Å². The third kappa shape index (κ3) is 14.0. The molecule has 0 amide bonds. The molecular formula is C12H10ClF13S2Ti. The van der Waals surface area contributed by atoms with Crippen molar-refractivity contribution < 1.29 is 66.1 Å². The molecule has 0 aliphatic carbocycles. The molecule has 0 N–H and O–H groups in total. The van der Waals surface area contributed by atoms with E-state index in [9.17, 15) is 47.3 Å². The summed E-state index contributed by atoms with van der Waals surface area (Å²) >= 11 is -7.00. The zero-order valence-corrected chi connectivity index (χ0v) is 17.3. The average Bonchev–Trinajstić information content (AvgIpc) is 2.43. The Morgan fingerprint density at radius 3 is 0.897 bits per heavy atom. The Bertz CT molecular complexity index is 729. The Morgan fingerprint density at radius 2 is 0.759 bits per heavy atom. The number of hydrogen-bond acceptors (Lipinski definition) is 0. The van der Waals surface area contributed by atoms with Gasteiger partial charge in [0.25, 0.3) is 9.05 Å². The van der Waals surface area contributed by atoms with Gasteiger partial charge < -0.3 is 0 Å². The van der Waals surface area contributed by atoms with Crippen LogP contribution in [0.25, 0.3) is 0 Å². The van der Waals surface area contributed by atoms with Crippen molar-refractivity contribution in [3.05, 3.63) is 60.7 Å². The number of halogens is 14. The molecule has 2 aromatic carbocycles. The third-order valence-electron chi connectivity index (χ3n) is 2.38. The molecule has 0 atom stereocenters. The van der Waals surface area contributed by atoms with E-state index < -0.39 is 47.8 Å². The zero-order chi connectivity index (χ0) is 23.5. The molecule has 0 spiro atoms. The van der Waals surface area contributed by atoms with Crippen molar-refractivity contribution in [2.24, 2.45) is 0 Å². The van der Waals surface area contributed by atoms with Crippen LogP contribution in [0.2, 0.25) is 0 Å². The molecule has 0 bridgehead atoms. The standard InChI is InChI=1S/C6H5ClF4S.C6H5F5S.4FH.Ti/c2*7-12(8,9,10,11)6-4-2-1-3-5-6;;;;;/h2*1-5H;4*1H;/q;;;;;;+4/p-4. The molecule has 172 valence electrons. The van der Waals surface area contributed by atoms with Crippen LogP contribution in [0.5, 0.6) is 0 Å². The number of hydrogen-bond donors (Lipinski definition) is 0. The second-order valence-corrected chi connectivity index (χ2v) is 13.0. The maximum absolute atomic E-state index is 12.4. The molecule has 0 heterocycles. The Balaban J connectivity index is 0.000000442. The molecule has 2 rings (SSSR count). The summed E-state index contributed by atoms with van der Waals surface area (Å²) in [6.07, 6.45) is 0. The molecule has 0 aromatic heterocycles. The van der Waals surface area contributed by atoms with E-state index in [1.807, 2.05) is 0 Å². The maximum atomic E-state index is 12.4. The van der Waals surface area contributed by atoms with E-state index in [1.54, 1.807) is 0 Å². The first kappa shape index (κ1) is 28.2. The van der Waals surface area contributed by atoms with Gasteiger partial charge in [-0.1, -0.05) is 55.8 Å².